The molecule has 0 aromatic heterocycles. The molecule has 20 heavy (non-hydrogen) atoms. The van der Waals surface area contributed by atoms with Crippen molar-refractivity contribution in [2.75, 3.05) is 13.1 Å². The molecule has 1 aromatic carbocycles. The van der Waals surface area contributed by atoms with Crippen LogP contribution in [0.2, 0.25) is 0 Å². The predicted octanol–water partition coefficient (Wildman–Crippen LogP) is 2.42. The van der Waals surface area contributed by atoms with Gasteiger partial charge in [0.15, 0.2) is 0 Å². The molecular formula is C13H15BrFNO3S. The molecule has 0 saturated heterocycles. The second kappa shape index (κ2) is 5.93. The van der Waals surface area contributed by atoms with Crippen molar-refractivity contribution in [3.8, 4) is 0 Å². The van der Waals surface area contributed by atoms with Crippen LogP contribution in [0.25, 0.3) is 0 Å². The fourth-order valence-corrected chi connectivity index (χ4v) is 4.20. The molecule has 1 aromatic rings. The summed E-state index contributed by atoms with van der Waals surface area (Å²) in [5.74, 6) is -0.887. The van der Waals surface area contributed by atoms with E-state index in [0.29, 0.717) is 17.4 Å². The molecule has 1 heterocycles. The maximum atomic E-state index is 14.2. The van der Waals surface area contributed by atoms with Gasteiger partial charge in [0.05, 0.1) is 6.61 Å². The van der Waals surface area contributed by atoms with Crippen molar-refractivity contribution in [1.82, 2.24) is 4.31 Å². The Morgan fingerprint density at radius 1 is 1.45 bits per heavy atom. The van der Waals surface area contributed by atoms with Crippen LogP contribution < -0.4 is 0 Å². The average molecular weight is 364 g/mol. The third kappa shape index (κ3) is 2.95. The van der Waals surface area contributed by atoms with Crippen LogP contribution in [0.3, 0.4) is 0 Å². The Kier molecular flexibility index (Phi) is 4.63. The van der Waals surface area contributed by atoms with Gasteiger partial charge in [0.1, 0.15) is 10.7 Å². The maximum absolute atomic E-state index is 14.2. The molecule has 0 fully saturated rings. The minimum atomic E-state index is -3.90. The van der Waals surface area contributed by atoms with Crippen LogP contribution in [0.15, 0.2) is 33.2 Å². The molecule has 0 atom stereocenters. The molecule has 4 nitrogen and oxygen atoms in total. The number of aliphatic hydroxyl groups excluding tert-OH is 1. The van der Waals surface area contributed by atoms with Crippen molar-refractivity contribution < 1.29 is 17.9 Å². The van der Waals surface area contributed by atoms with Crippen LogP contribution in [0, 0.1) is 5.82 Å². The molecule has 2 rings (SSSR count). The quantitative estimate of drug-likeness (QED) is 0.839. The highest BCUT2D eigenvalue weighted by Gasteiger charge is 2.29. The lowest BCUT2D eigenvalue weighted by Crippen LogP contribution is -2.35. The van der Waals surface area contributed by atoms with Crippen LogP contribution in [-0.2, 0) is 16.6 Å². The first-order valence-corrected chi connectivity index (χ1v) is 8.34. The summed E-state index contributed by atoms with van der Waals surface area (Å²) < 4.78 is 40.8. The lowest BCUT2D eigenvalue weighted by molar-refractivity contribution is 0.274. The number of nitrogens with zero attached hydrogens (tertiary/aromatic N) is 1. The van der Waals surface area contributed by atoms with Crippen LogP contribution in [0.1, 0.15) is 18.9 Å². The molecule has 1 N–H and O–H groups in total. The lowest BCUT2D eigenvalue weighted by atomic mass is 10.1. The summed E-state index contributed by atoms with van der Waals surface area (Å²) in [5.41, 5.74) is 1.09. The zero-order valence-electron chi connectivity index (χ0n) is 10.9. The molecule has 0 unspecified atom stereocenters. The van der Waals surface area contributed by atoms with Crippen LogP contribution in [0.4, 0.5) is 4.39 Å². The van der Waals surface area contributed by atoms with E-state index < -0.39 is 27.3 Å². The highest BCUT2D eigenvalue weighted by atomic mass is 79.9. The average Bonchev–Trinajstić information content (AvgIpc) is 2.41. The van der Waals surface area contributed by atoms with E-state index in [-0.39, 0.29) is 12.1 Å². The van der Waals surface area contributed by atoms with E-state index in [4.69, 9.17) is 5.11 Å². The number of halogens is 2. The first-order valence-electron chi connectivity index (χ1n) is 6.11. The normalized spacial score (nSPS) is 17.1. The highest BCUT2D eigenvalue weighted by molar-refractivity contribution is 9.10. The van der Waals surface area contributed by atoms with Gasteiger partial charge in [0.2, 0.25) is 10.0 Å². The Morgan fingerprint density at radius 3 is 2.70 bits per heavy atom. The van der Waals surface area contributed by atoms with Gasteiger partial charge in [-0.3, -0.25) is 0 Å². The fourth-order valence-electron chi connectivity index (χ4n) is 2.03. The van der Waals surface area contributed by atoms with Gasteiger partial charge in [-0.25, -0.2) is 12.8 Å². The second-order valence-electron chi connectivity index (χ2n) is 4.70. The van der Waals surface area contributed by atoms with Gasteiger partial charge >= 0.3 is 0 Å². The molecule has 0 aliphatic carbocycles. The lowest BCUT2D eigenvalue weighted by Gasteiger charge is -2.25. The molecule has 0 radical (unpaired) electrons. The summed E-state index contributed by atoms with van der Waals surface area (Å²) in [6.45, 7) is 1.97. The standard InChI is InChI=1S/C13H15BrFNO3S/c1-9-2-4-16(5-3-9)20(18,19)12-7-11(14)6-10(8-17)13(12)15/h2,6-7,17H,3-5,8H2,1H3. The van der Waals surface area contributed by atoms with Gasteiger partial charge < -0.3 is 5.11 Å². The Morgan fingerprint density at radius 2 is 2.15 bits per heavy atom. The monoisotopic (exact) mass is 363 g/mol. The van der Waals surface area contributed by atoms with Crippen molar-refractivity contribution >= 4 is 26.0 Å². The maximum Gasteiger partial charge on any atom is 0.246 e. The highest BCUT2D eigenvalue weighted by Crippen LogP contribution is 2.28. The Bertz CT molecular complexity index is 658. The number of rotatable bonds is 3. The smallest absolute Gasteiger partial charge is 0.246 e. The zero-order valence-corrected chi connectivity index (χ0v) is 13.3. The summed E-state index contributed by atoms with van der Waals surface area (Å²) >= 11 is 3.14. The molecule has 0 saturated carbocycles. The molecule has 1 aliphatic heterocycles. The molecule has 7 heteroatoms. The van der Waals surface area contributed by atoms with Crippen molar-refractivity contribution in [2.24, 2.45) is 0 Å². The number of benzene rings is 1. The van der Waals surface area contributed by atoms with E-state index >= 15 is 0 Å². The van der Waals surface area contributed by atoms with Crippen molar-refractivity contribution in [3.05, 3.63) is 39.6 Å². The first-order chi connectivity index (χ1) is 9.36. The topological polar surface area (TPSA) is 57.6 Å². The van der Waals surface area contributed by atoms with E-state index in [1.54, 1.807) is 0 Å². The molecular weight excluding hydrogens is 349 g/mol. The molecule has 0 spiro atoms. The molecule has 110 valence electrons. The van der Waals surface area contributed by atoms with Crippen molar-refractivity contribution in [1.29, 1.82) is 0 Å². The van der Waals surface area contributed by atoms with Gasteiger partial charge in [0, 0.05) is 23.1 Å². The third-order valence-electron chi connectivity index (χ3n) is 3.27. The summed E-state index contributed by atoms with van der Waals surface area (Å²) in [7, 11) is -3.90. The third-order valence-corrected chi connectivity index (χ3v) is 5.59. The zero-order chi connectivity index (χ0) is 14.9. The first kappa shape index (κ1) is 15.6. The second-order valence-corrected chi connectivity index (χ2v) is 7.52. The van der Waals surface area contributed by atoms with E-state index in [9.17, 15) is 12.8 Å². The minimum Gasteiger partial charge on any atom is -0.392 e. The Labute approximate surface area is 126 Å². The number of hydrogen-bond donors (Lipinski definition) is 1. The molecule has 0 amide bonds. The minimum absolute atomic E-state index is 0.0401. The summed E-state index contributed by atoms with van der Waals surface area (Å²) in [6.07, 6.45) is 2.46. The van der Waals surface area contributed by atoms with Crippen LogP contribution in [0.5, 0.6) is 0 Å². The largest absolute Gasteiger partial charge is 0.392 e. The summed E-state index contributed by atoms with van der Waals surface area (Å²) in [4.78, 5) is -0.399. The predicted molar refractivity (Wildman–Crippen MR) is 77.2 cm³/mol. The molecule has 1 aliphatic rings. The summed E-state index contributed by atoms with van der Waals surface area (Å²) in [5, 5.41) is 9.10. The molecule has 0 bridgehead atoms. The number of sulfonamides is 1. The van der Waals surface area contributed by atoms with E-state index in [1.165, 1.54) is 16.4 Å². The van der Waals surface area contributed by atoms with E-state index in [2.05, 4.69) is 15.9 Å². The summed E-state index contributed by atoms with van der Waals surface area (Å²) in [6, 6.07) is 2.60. The van der Waals surface area contributed by atoms with Crippen molar-refractivity contribution in [2.45, 2.75) is 24.8 Å². The Balaban J connectivity index is 2.47. The van der Waals surface area contributed by atoms with Crippen LogP contribution >= 0.6 is 15.9 Å². The van der Waals surface area contributed by atoms with Gasteiger partial charge in [-0.2, -0.15) is 4.31 Å². The SMILES string of the molecule is CC1=CCN(S(=O)(=O)c2cc(Br)cc(CO)c2F)CC1. The number of aliphatic hydroxyl groups is 1. The van der Waals surface area contributed by atoms with Gasteiger partial charge in [-0.1, -0.05) is 27.6 Å². The Hall–Kier alpha value is -0.760. The van der Waals surface area contributed by atoms with E-state index in [1.807, 2.05) is 13.0 Å². The number of hydrogen-bond acceptors (Lipinski definition) is 3. The fraction of sp³-hybridized carbons (Fsp3) is 0.385. The van der Waals surface area contributed by atoms with Gasteiger partial charge in [-0.15, -0.1) is 0 Å². The van der Waals surface area contributed by atoms with Gasteiger partial charge in [0.25, 0.3) is 0 Å². The van der Waals surface area contributed by atoms with Crippen LogP contribution in [-0.4, -0.2) is 30.9 Å². The van der Waals surface area contributed by atoms with Crippen molar-refractivity contribution in [3.63, 3.8) is 0 Å². The van der Waals surface area contributed by atoms with E-state index in [0.717, 1.165) is 5.57 Å². The van der Waals surface area contributed by atoms with Gasteiger partial charge in [-0.05, 0) is 25.5 Å².